The highest BCUT2D eigenvalue weighted by molar-refractivity contribution is 7.46. The third kappa shape index (κ3) is 9.01. The lowest BCUT2D eigenvalue weighted by Gasteiger charge is -2.22. The van der Waals surface area contributed by atoms with Crippen LogP contribution in [-0.4, -0.2) is 44.8 Å². The van der Waals surface area contributed by atoms with Gasteiger partial charge in [-0.25, -0.2) is 9.36 Å². The number of carboxylic acids is 1. The smallest absolute Gasteiger partial charge is 0.480 e. The molecule has 4 rings (SSSR count). The molecule has 2 unspecified atom stereocenters. The fourth-order valence-corrected chi connectivity index (χ4v) is 4.77. The van der Waals surface area contributed by atoms with Crippen LogP contribution in [0.15, 0.2) is 97.1 Å². The highest BCUT2D eigenvalue weighted by Gasteiger charge is 2.27. The minimum atomic E-state index is -4.74. The topological polar surface area (TPSA) is 162 Å². The minimum absolute atomic E-state index is 0.0365. The predicted molar refractivity (Wildman–Crippen MR) is 152 cm³/mol. The summed E-state index contributed by atoms with van der Waals surface area (Å²) < 4.78 is 15.5. The summed E-state index contributed by atoms with van der Waals surface area (Å²) in [7, 11) is -4.74. The summed E-state index contributed by atoms with van der Waals surface area (Å²) in [6.45, 7) is 0. The van der Waals surface area contributed by atoms with Gasteiger partial charge >= 0.3 is 13.8 Å². The number of rotatable bonds is 12. The normalized spacial score (nSPS) is 12.7. The van der Waals surface area contributed by atoms with Gasteiger partial charge < -0.3 is 20.3 Å². The number of phosphoric acid groups is 1. The van der Waals surface area contributed by atoms with Crippen molar-refractivity contribution in [2.24, 2.45) is 0 Å². The molecular weight excluding hydrogens is 547 g/mol. The van der Waals surface area contributed by atoms with Gasteiger partial charge in [0, 0.05) is 12.8 Å². The van der Waals surface area contributed by atoms with Crippen LogP contribution in [0.2, 0.25) is 0 Å². The average Bonchev–Trinajstić information content (AvgIpc) is 2.93. The Morgan fingerprint density at radius 1 is 0.707 bits per heavy atom. The summed E-state index contributed by atoms with van der Waals surface area (Å²) in [5.74, 6) is -2.41. The summed E-state index contributed by atoms with van der Waals surface area (Å²) in [4.78, 5) is 56.2. The number of hydrogen-bond acceptors (Lipinski definition) is 5. The minimum Gasteiger partial charge on any atom is -0.480 e. The van der Waals surface area contributed by atoms with Gasteiger partial charge in [-0.3, -0.25) is 19.4 Å². The van der Waals surface area contributed by atoms with Crippen molar-refractivity contribution in [2.75, 3.05) is 0 Å². The van der Waals surface area contributed by atoms with E-state index in [0.717, 1.165) is 21.9 Å². The summed E-state index contributed by atoms with van der Waals surface area (Å²) in [6.07, 6.45) is 0.0754. The Labute approximate surface area is 236 Å². The average molecular weight is 577 g/mol. The fourth-order valence-electron chi connectivity index (χ4n) is 4.37. The molecule has 2 amide bonds. The van der Waals surface area contributed by atoms with Crippen molar-refractivity contribution in [3.05, 3.63) is 114 Å². The molecule has 41 heavy (non-hydrogen) atoms. The Morgan fingerprint density at radius 3 is 1.95 bits per heavy atom. The molecule has 0 saturated carbocycles. The lowest BCUT2D eigenvalue weighted by Crippen LogP contribution is -2.53. The molecule has 0 heterocycles. The quantitative estimate of drug-likeness (QED) is 0.160. The molecule has 5 N–H and O–H groups in total. The molecule has 4 aromatic rings. The standard InChI is InChI=1S/C30H29N2O8P/c33-28(19-22-10-13-23-8-4-5-9-24(23)16-22)31-26(17-20-6-2-1-3-7-20)29(34)32-27(30(35)36)18-21-11-14-25(15-12-21)40-41(37,38)39/h1-16,26-27H,17-19H2,(H,31,33)(H,32,34)(H,35,36)(H2,37,38,39). The maximum Gasteiger partial charge on any atom is 0.524 e. The van der Waals surface area contributed by atoms with Gasteiger partial charge in [0.2, 0.25) is 11.8 Å². The second-order valence-electron chi connectivity index (χ2n) is 9.50. The van der Waals surface area contributed by atoms with Crippen molar-refractivity contribution in [2.45, 2.75) is 31.3 Å². The number of nitrogens with one attached hydrogen (secondary N) is 2. The highest BCUT2D eigenvalue weighted by Crippen LogP contribution is 2.37. The number of benzene rings is 4. The molecule has 0 radical (unpaired) electrons. The Bertz CT molecular complexity index is 1570. The second kappa shape index (κ2) is 13.2. The molecule has 0 spiro atoms. The van der Waals surface area contributed by atoms with Gasteiger partial charge in [0.1, 0.15) is 17.8 Å². The number of hydrogen-bond donors (Lipinski definition) is 5. The third-order valence-corrected chi connectivity index (χ3v) is 6.76. The first-order valence-electron chi connectivity index (χ1n) is 12.7. The molecule has 0 saturated heterocycles. The zero-order chi connectivity index (χ0) is 29.4. The number of phosphoric ester groups is 1. The van der Waals surface area contributed by atoms with E-state index < -0.39 is 31.8 Å². The summed E-state index contributed by atoms with van der Waals surface area (Å²) >= 11 is 0. The van der Waals surface area contributed by atoms with Crippen LogP contribution in [-0.2, 0) is 38.2 Å². The third-order valence-electron chi connectivity index (χ3n) is 6.32. The largest absolute Gasteiger partial charge is 0.524 e. The molecule has 0 aromatic heterocycles. The molecule has 0 bridgehead atoms. The Hall–Kier alpha value is -4.50. The van der Waals surface area contributed by atoms with Crippen LogP contribution >= 0.6 is 7.82 Å². The van der Waals surface area contributed by atoms with E-state index in [1.54, 1.807) is 12.1 Å². The number of aliphatic carboxylic acids is 1. The second-order valence-corrected chi connectivity index (χ2v) is 10.7. The van der Waals surface area contributed by atoms with Crippen molar-refractivity contribution in [3.8, 4) is 5.75 Å². The molecule has 0 aliphatic heterocycles. The molecule has 2 atom stereocenters. The van der Waals surface area contributed by atoms with Gasteiger partial charge in [-0.1, -0.05) is 84.9 Å². The van der Waals surface area contributed by atoms with Crippen molar-refractivity contribution >= 4 is 36.4 Å². The van der Waals surface area contributed by atoms with E-state index in [2.05, 4.69) is 15.2 Å². The summed E-state index contributed by atoms with van der Waals surface area (Å²) in [6, 6.07) is 25.6. The predicted octanol–water partition coefficient (Wildman–Crippen LogP) is 3.39. The van der Waals surface area contributed by atoms with Crippen molar-refractivity contribution < 1.29 is 38.4 Å². The van der Waals surface area contributed by atoms with Crippen molar-refractivity contribution in [1.82, 2.24) is 10.6 Å². The van der Waals surface area contributed by atoms with E-state index in [-0.39, 0.29) is 30.9 Å². The van der Waals surface area contributed by atoms with Crippen molar-refractivity contribution in [1.29, 1.82) is 0 Å². The van der Waals surface area contributed by atoms with E-state index in [1.165, 1.54) is 24.3 Å². The van der Waals surface area contributed by atoms with Gasteiger partial charge in [0.15, 0.2) is 0 Å². The molecule has 0 aliphatic rings. The number of fused-ring (bicyclic) bond motifs is 1. The number of carbonyl (C=O) groups excluding carboxylic acids is 2. The van der Waals surface area contributed by atoms with Gasteiger partial charge in [-0.15, -0.1) is 0 Å². The molecule has 0 aliphatic carbocycles. The van der Waals surface area contributed by atoms with Gasteiger partial charge in [0.25, 0.3) is 0 Å². The van der Waals surface area contributed by atoms with Crippen LogP contribution in [0.1, 0.15) is 16.7 Å². The van der Waals surface area contributed by atoms with E-state index in [4.69, 9.17) is 9.79 Å². The van der Waals surface area contributed by atoms with Gasteiger partial charge in [0.05, 0.1) is 6.42 Å². The maximum atomic E-state index is 13.3. The first-order chi connectivity index (χ1) is 19.6. The van der Waals surface area contributed by atoms with Crippen molar-refractivity contribution in [3.63, 3.8) is 0 Å². The monoisotopic (exact) mass is 576 g/mol. The van der Waals surface area contributed by atoms with Crippen LogP contribution in [0, 0.1) is 0 Å². The Balaban J connectivity index is 1.46. The first kappa shape index (κ1) is 29.5. The summed E-state index contributed by atoms with van der Waals surface area (Å²) in [5, 5.41) is 17.1. The summed E-state index contributed by atoms with van der Waals surface area (Å²) in [5.41, 5.74) is 2.04. The Kier molecular flexibility index (Phi) is 9.52. The van der Waals surface area contributed by atoms with E-state index >= 15 is 0 Å². The zero-order valence-corrected chi connectivity index (χ0v) is 22.7. The molecular formula is C30H29N2O8P. The van der Waals surface area contributed by atoms with E-state index in [0.29, 0.717) is 5.56 Å². The fraction of sp³-hybridized carbons (Fsp3) is 0.167. The maximum absolute atomic E-state index is 13.3. The van der Waals surface area contributed by atoms with Gasteiger partial charge in [-0.05, 0) is 39.6 Å². The first-order valence-corrected chi connectivity index (χ1v) is 14.3. The number of amides is 2. The molecule has 0 fully saturated rings. The molecule has 11 heteroatoms. The lowest BCUT2D eigenvalue weighted by atomic mass is 10.0. The Morgan fingerprint density at radius 2 is 1.29 bits per heavy atom. The lowest BCUT2D eigenvalue weighted by molar-refractivity contribution is -0.142. The van der Waals surface area contributed by atoms with E-state index in [9.17, 15) is 24.1 Å². The molecule has 10 nitrogen and oxygen atoms in total. The molecule has 212 valence electrons. The SMILES string of the molecule is O=C(Cc1ccc2ccccc2c1)NC(Cc1ccccc1)C(=O)NC(Cc1ccc(OP(=O)(O)O)cc1)C(=O)O. The number of carbonyl (C=O) groups is 3. The van der Waals surface area contributed by atoms with Crippen LogP contribution < -0.4 is 15.2 Å². The van der Waals surface area contributed by atoms with Gasteiger partial charge in [-0.2, -0.15) is 0 Å². The van der Waals surface area contributed by atoms with Crippen LogP contribution in [0.5, 0.6) is 5.75 Å². The number of carboxylic acid groups (broad SMARTS) is 1. The molecule has 4 aromatic carbocycles. The zero-order valence-electron chi connectivity index (χ0n) is 21.8. The van der Waals surface area contributed by atoms with Crippen LogP contribution in [0.3, 0.4) is 0 Å². The highest BCUT2D eigenvalue weighted by atomic mass is 31.2. The van der Waals surface area contributed by atoms with Crippen LogP contribution in [0.4, 0.5) is 0 Å². The van der Waals surface area contributed by atoms with Crippen LogP contribution in [0.25, 0.3) is 10.8 Å². The van der Waals surface area contributed by atoms with E-state index in [1.807, 2.05) is 60.7 Å².